The fourth-order valence-electron chi connectivity index (χ4n) is 2.35. The minimum Gasteiger partial charge on any atom is -0.383 e. The molecule has 0 aliphatic carbocycles. The van der Waals surface area contributed by atoms with Crippen LogP contribution in [0.25, 0.3) is 11.1 Å². The summed E-state index contributed by atoms with van der Waals surface area (Å²) in [6.45, 7) is 5.71. The molecule has 2 N–H and O–H groups in total. The summed E-state index contributed by atoms with van der Waals surface area (Å²) in [5.74, 6) is -1.25. The number of anilines is 1. The Bertz CT molecular complexity index is 720. The summed E-state index contributed by atoms with van der Waals surface area (Å²) in [6, 6.07) is 5.27. The molecule has 0 unspecified atom stereocenters. The highest BCUT2D eigenvalue weighted by atomic mass is 19.1. The Morgan fingerprint density at radius 2 is 1.71 bits per heavy atom. The van der Waals surface area contributed by atoms with Crippen LogP contribution in [-0.4, -0.2) is 4.98 Å². The van der Waals surface area contributed by atoms with E-state index in [4.69, 9.17) is 5.73 Å². The molecule has 5 heteroatoms. The van der Waals surface area contributed by atoms with Crippen molar-refractivity contribution in [3.8, 4) is 17.2 Å². The van der Waals surface area contributed by atoms with Crippen molar-refractivity contribution >= 4 is 5.82 Å². The van der Waals surface area contributed by atoms with Crippen molar-refractivity contribution in [1.82, 2.24) is 4.98 Å². The number of hydrogen-bond acceptors (Lipinski definition) is 3. The number of hydrogen-bond donors (Lipinski definition) is 1. The lowest BCUT2D eigenvalue weighted by atomic mass is 9.80. The van der Waals surface area contributed by atoms with Crippen molar-refractivity contribution in [2.75, 3.05) is 5.73 Å². The number of benzene rings is 1. The molecule has 0 spiro atoms. The van der Waals surface area contributed by atoms with Gasteiger partial charge in [0.2, 0.25) is 0 Å². The molecule has 0 atom stereocenters. The third-order valence-corrected chi connectivity index (χ3v) is 3.14. The van der Waals surface area contributed by atoms with Gasteiger partial charge in [0.25, 0.3) is 0 Å². The number of nitrogens with zero attached hydrogens (tertiary/aromatic N) is 2. The standard InChI is InChI=1S/C16H15F2N3/c1-16(2,3)14-12(7-19)15(20)21-8-13(14)9-4-10(17)6-11(18)5-9/h4-6,8H,1-3H3,(H2,20,21). The molecule has 0 bridgehead atoms. The van der Waals surface area contributed by atoms with Gasteiger partial charge in [0.15, 0.2) is 0 Å². The minimum atomic E-state index is -0.680. The van der Waals surface area contributed by atoms with Gasteiger partial charge in [0, 0.05) is 17.8 Å². The maximum Gasteiger partial charge on any atom is 0.141 e. The zero-order valence-corrected chi connectivity index (χ0v) is 12.0. The second-order valence-corrected chi connectivity index (χ2v) is 5.83. The maximum atomic E-state index is 13.5. The van der Waals surface area contributed by atoms with E-state index in [1.165, 1.54) is 18.3 Å². The molecule has 0 aliphatic heterocycles. The van der Waals surface area contributed by atoms with Gasteiger partial charge < -0.3 is 5.73 Å². The van der Waals surface area contributed by atoms with Crippen LogP contribution in [0.5, 0.6) is 0 Å². The molecule has 1 aromatic carbocycles. The average Bonchev–Trinajstić information content (AvgIpc) is 2.35. The van der Waals surface area contributed by atoms with Gasteiger partial charge in [-0.15, -0.1) is 0 Å². The van der Waals surface area contributed by atoms with Crippen LogP contribution in [0.15, 0.2) is 24.4 Å². The molecule has 1 aromatic heterocycles. The van der Waals surface area contributed by atoms with E-state index in [9.17, 15) is 14.0 Å². The number of nitriles is 1. The summed E-state index contributed by atoms with van der Waals surface area (Å²) in [5.41, 5.74) is 7.03. The molecule has 0 radical (unpaired) electrons. The fraction of sp³-hybridized carbons (Fsp3) is 0.250. The number of nitrogen functional groups attached to an aromatic ring is 1. The summed E-state index contributed by atoms with van der Waals surface area (Å²) in [5, 5.41) is 9.32. The molecule has 0 aliphatic rings. The van der Waals surface area contributed by atoms with Crippen molar-refractivity contribution in [3.63, 3.8) is 0 Å². The number of nitrogens with two attached hydrogens (primary N) is 1. The molecule has 0 saturated heterocycles. The Hall–Kier alpha value is -2.48. The van der Waals surface area contributed by atoms with Crippen LogP contribution in [0, 0.1) is 23.0 Å². The first-order chi connectivity index (χ1) is 9.74. The molecule has 21 heavy (non-hydrogen) atoms. The lowest BCUT2D eigenvalue weighted by Gasteiger charge is -2.24. The zero-order valence-electron chi connectivity index (χ0n) is 12.0. The Labute approximate surface area is 122 Å². The van der Waals surface area contributed by atoms with E-state index in [1.54, 1.807) is 0 Å². The zero-order chi connectivity index (χ0) is 15.8. The molecule has 0 fully saturated rings. The first kappa shape index (κ1) is 14.9. The van der Waals surface area contributed by atoms with Gasteiger partial charge in [-0.05, 0) is 28.7 Å². The Morgan fingerprint density at radius 3 is 2.19 bits per heavy atom. The predicted molar refractivity (Wildman–Crippen MR) is 77.4 cm³/mol. The number of rotatable bonds is 1. The van der Waals surface area contributed by atoms with Crippen LogP contribution in [0.2, 0.25) is 0 Å². The van der Waals surface area contributed by atoms with Crippen molar-refractivity contribution in [1.29, 1.82) is 5.26 Å². The van der Waals surface area contributed by atoms with Crippen molar-refractivity contribution in [2.24, 2.45) is 0 Å². The summed E-state index contributed by atoms with van der Waals surface area (Å²) in [6.07, 6.45) is 1.45. The lowest BCUT2D eigenvalue weighted by Crippen LogP contribution is -2.17. The molecular weight excluding hydrogens is 272 g/mol. The van der Waals surface area contributed by atoms with Crippen molar-refractivity contribution in [2.45, 2.75) is 26.2 Å². The second kappa shape index (κ2) is 5.13. The Kier molecular flexibility index (Phi) is 3.65. The Morgan fingerprint density at radius 1 is 1.14 bits per heavy atom. The number of pyridine rings is 1. The normalized spacial score (nSPS) is 11.2. The summed E-state index contributed by atoms with van der Waals surface area (Å²) in [4.78, 5) is 3.97. The molecular formula is C16H15F2N3. The van der Waals surface area contributed by atoms with Crippen LogP contribution in [0.4, 0.5) is 14.6 Å². The predicted octanol–water partition coefficient (Wildman–Crippen LogP) is 3.78. The molecule has 108 valence electrons. The van der Waals surface area contributed by atoms with E-state index in [1.807, 2.05) is 26.8 Å². The minimum absolute atomic E-state index is 0.114. The highest BCUT2D eigenvalue weighted by Crippen LogP contribution is 2.37. The monoisotopic (exact) mass is 287 g/mol. The smallest absolute Gasteiger partial charge is 0.141 e. The summed E-state index contributed by atoms with van der Waals surface area (Å²) >= 11 is 0. The van der Waals surface area contributed by atoms with E-state index in [2.05, 4.69) is 4.98 Å². The maximum absolute atomic E-state index is 13.5. The van der Waals surface area contributed by atoms with Gasteiger partial charge in [-0.2, -0.15) is 5.26 Å². The number of halogens is 2. The molecule has 2 rings (SSSR count). The van der Waals surface area contributed by atoms with Crippen LogP contribution < -0.4 is 5.73 Å². The lowest BCUT2D eigenvalue weighted by molar-refractivity contribution is 0.581. The van der Waals surface area contributed by atoms with E-state index in [0.29, 0.717) is 16.7 Å². The van der Waals surface area contributed by atoms with Gasteiger partial charge in [0.1, 0.15) is 23.5 Å². The fourth-order valence-corrected chi connectivity index (χ4v) is 2.35. The van der Waals surface area contributed by atoms with E-state index < -0.39 is 17.0 Å². The van der Waals surface area contributed by atoms with Crippen LogP contribution >= 0.6 is 0 Å². The second-order valence-electron chi connectivity index (χ2n) is 5.83. The van der Waals surface area contributed by atoms with E-state index >= 15 is 0 Å². The summed E-state index contributed by atoms with van der Waals surface area (Å²) in [7, 11) is 0. The van der Waals surface area contributed by atoms with Gasteiger partial charge in [-0.25, -0.2) is 13.8 Å². The summed E-state index contributed by atoms with van der Waals surface area (Å²) < 4.78 is 26.9. The quantitative estimate of drug-likeness (QED) is 0.868. The first-order valence-electron chi connectivity index (χ1n) is 6.39. The Balaban J connectivity index is 2.84. The van der Waals surface area contributed by atoms with Crippen LogP contribution in [0.1, 0.15) is 31.9 Å². The largest absolute Gasteiger partial charge is 0.383 e. The topological polar surface area (TPSA) is 62.7 Å². The third-order valence-electron chi connectivity index (χ3n) is 3.14. The molecule has 3 nitrogen and oxygen atoms in total. The third kappa shape index (κ3) is 2.84. The van der Waals surface area contributed by atoms with Crippen molar-refractivity contribution < 1.29 is 8.78 Å². The van der Waals surface area contributed by atoms with Gasteiger partial charge >= 0.3 is 0 Å². The SMILES string of the molecule is CC(C)(C)c1c(-c2cc(F)cc(F)c2)cnc(N)c1C#N. The van der Waals surface area contributed by atoms with Crippen LogP contribution in [-0.2, 0) is 5.41 Å². The first-order valence-corrected chi connectivity index (χ1v) is 6.39. The van der Waals surface area contributed by atoms with Gasteiger partial charge in [0.05, 0.1) is 5.56 Å². The average molecular weight is 287 g/mol. The highest BCUT2D eigenvalue weighted by Gasteiger charge is 2.25. The van der Waals surface area contributed by atoms with E-state index in [-0.39, 0.29) is 11.4 Å². The van der Waals surface area contributed by atoms with E-state index in [0.717, 1.165) is 6.07 Å². The van der Waals surface area contributed by atoms with Crippen LogP contribution in [0.3, 0.4) is 0 Å². The van der Waals surface area contributed by atoms with Gasteiger partial charge in [-0.1, -0.05) is 20.8 Å². The van der Waals surface area contributed by atoms with Gasteiger partial charge in [-0.3, -0.25) is 0 Å². The van der Waals surface area contributed by atoms with Crippen molar-refractivity contribution in [3.05, 3.63) is 47.2 Å². The number of aromatic nitrogens is 1. The highest BCUT2D eigenvalue weighted by molar-refractivity contribution is 5.74. The molecule has 2 aromatic rings. The molecule has 0 amide bonds. The molecule has 0 saturated carbocycles. The molecule has 1 heterocycles.